The Morgan fingerprint density at radius 3 is 2.48 bits per heavy atom. The van der Waals surface area contributed by atoms with Gasteiger partial charge in [-0.3, -0.25) is 9.79 Å². The lowest BCUT2D eigenvalue weighted by atomic mass is 10.2. The van der Waals surface area contributed by atoms with E-state index in [0.29, 0.717) is 18.9 Å². The molecule has 0 unspecified atom stereocenters. The number of nitrogens with two attached hydrogens (primary N) is 1. The quantitative estimate of drug-likeness (QED) is 0.347. The number of benzene rings is 1. The monoisotopic (exact) mass is 366 g/mol. The largest absolute Gasteiger partial charge is 0.469 e. The van der Waals surface area contributed by atoms with Crippen molar-refractivity contribution < 1.29 is 9.53 Å². The van der Waals surface area contributed by atoms with Crippen LogP contribution >= 0.6 is 11.6 Å². The summed E-state index contributed by atoms with van der Waals surface area (Å²) in [5.74, 6) is 0.463. The van der Waals surface area contributed by atoms with Crippen LogP contribution in [0, 0.1) is 0 Å². The number of rotatable bonds is 7. The molecule has 1 aliphatic heterocycles. The van der Waals surface area contributed by atoms with Crippen LogP contribution < -0.4 is 10.6 Å². The molecule has 138 valence electrons. The molecule has 1 aromatic rings. The van der Waals surface area contributed by atoms with Gasteiger partial charge in [0.1, 0.15) is 0 Å². The molecule has 0 radical (unpaired) electrons. The molecule has 7 heteroatoms. The summed E-state index contributed by atoms with van der Waals surface area (Å²) >= 11 is 5.94. The van der Waals surface area contributed by atoms with Crippen molar-refractivity contribution in [2.75, 3.05) is 44.7 Å². The summed E-state index contributed by atoms with van der Waals surface area (Å²) in [5.41, 5.74) is 7.29. The van der Waals surface area contributed by atoms with Gasteiger partial charge in [0.25, 0.3) is 0 Å². The third-order valence-electron chi connectivity index (χ3n) is 4.34. The average Bonchev–Trinajstić information content (AvgIpc) is 2.65. The minimum atomic E-state index is -0.151. The van der Waals surface area contributed by atoms with Crippen molar-refractivity contribution in [1.29, 1.82) is 0 Å². The van der Waals surface area contributed by atoms with Gasteiger partial charge in [-0.25, -0.2) is 0 Å². The van der Waals surface area contributed by atoms with Crippen molar-refractivity contribution in [2.24, 2.45) is 10.7 Å². The standard InChI is InChI=1S/C18H27ClN4O2/c1-25-17(24)5-3-2-4-10-21-18(20)23-13-11-22(12-14-23)16-8-6-15(19)7-9-16/h6-9H,2-5,10-14H2,1H3,(H2,20,21). The van der Waals surface area contributed by atoms with E-state index >= 15 is 0 Å². The zero-order valence-electron chi connectivity index (χ0n) is 14.8. The molecule has 25 heavy (non-hydrogen) atoms. The van der Waals surface area contributed by atoms with Gasteiger partial charge in [-0.2, -0.15) is 0 Å². The fraction of sp³-hybridized carbons (Fsp3) is 0.556. The van der Waals surface area contributed by atoms with Crippen molar-refractivity contribution in [2.45, 2.75) is 25.7 Å². The number of piperazine rings is 1. The van der Waals surface area contributed by atoms with Crippen LogP contribution in [-0.2, 0) is 9.53 Å². The number of hydrogen-bond acceptors (Lipinski definition) is 4. The van der Waals surface area contributed by atoms with Gasteiger partial charge in [-0.05, 0) is 37.1 Å². The number of guanidine groups is 1. The Morgan fingerprint density at radius 1 is 1.16 bits per heavy atom. The Balaban J connectivity index is 1.67. The van der Waals surface area contributed by atoms with Gasteiger partial charge in [0.05, 0.1) is 7.11 Å². The molecule has 0 aliphatic carbocycles. The molecule has 1 saturated heterocycles. The summed E-state index contributed by atoms with van der Waals surface area (Å²) in [5, 5.41) is 0.755. The van der Waals surface area contributed by atoms with E-state index in [0.717, 1.165) is 50.5 Å². The van der Waals surface area contributed by atoms with E-state index in [1.54, 1.807) is 0 Å². The van der Waals surface area contributed by atoms with Gasteiger partial charge in [-0.1, -0.05) is 18.0 Å². The lowest BCUT2D eigenvalue weighted by Gasteiger charge is -2.36. The molecule has 0 spiro atoms. The Hall–Kier alpha value is -1.95. The maximum atomic E-state index is 11.0. The van der Waals surface area contributed by atoms with Gasteiger partial charge in [0, 0.05) is 49.9 Å². The normalized spacial score (nSPS) is 15.4. The summed E-state index contributed by atoms with van der Waals surface area (Å²) in [4.78, 5) is 19.9. The fourth-order valence-corrected chi connectivity index (χ4v) is 2.93. The van der Waals surface area contributed by atoms with Crippen LogP contribution in [0.3, 0.4) is 0 Å². The highest BCUT2D eigenvalue weighted by Gasteiger charge is 2.18. The molecule has 0 amide bonds. The van der Waals surface area contributed by atoms with E-state index in [9.17, 15) is 4.79 Å². The summed E-state index contributed by atoms with van der Waals surface area (Å²) < 4.78 is 4.62. The Kier molecular flexibility index (Phi) is 7.85. The van der Waals surface area contributed by atoms with Crippen molar-refractivity contribution in [3.05, 3.63) is 29.3 Å². The van der Waals surface area contributed by atoms with Gasteiger partial charge < -0.3 is 20.3 Å². The number of halogens is 1. The number of esters is 1. The van der Waals surface area contributed by atoms with Gasteiger partial charge in [0.15, 0.2) is 5.96 Å². The minimum Gasteiger partial charge on any atom is -0.469 e. The molecule has 1 heterocycles. The number of hydrogen-bond donors (Lipinski definition) is 1. The predicted molar refractivity (Wildman–Crippen MR) is 102 cm³/mol. The predicted octanol–water partition coefficient (Wildman–Crippen LogP) is 2.51. The third-order valence-corrected chi connectivity index (χ3v) is 4.59. The second-order valence-corrected chi connectivity index (χ2v) is 6.51. The first-order valence-electron chi connectivity index (χ1n) is 8.72. The first-order chi connectivity index (χ1) is 12.1. The van der Waals surface area contributed by atoms with E-state index in [4.69, 9.17) is 17.3 Å². The van der Waals surface area contributed by atoms with Gasteiger partial charge in [-0.15, -0.1) is 0 Å². The molecule has 0 saturated carbocycles. The molecular weight excluding hydrogens is 340 g/mol. The number of carbonyl (C=O) groups excluding carboxylic acids is 1. The highest BCUT2D eigenvalue weighted by Crippen LogP contribution is 2.19. The maximum absolute atomic E-state index is 11.0. The van der Waals surface area contributed by atoms with Crippen LogP contribution in [0.15, 0.2) is 29.3 Å². The number of ether oxygens (including phenoxy) is 1. The zero-order chi connectivity index (χ0) is 18.1. The molecule has 6 nitrogen and oxygen atoms in total. The summed E-state index contributed by atoms with van der Waals surface area (Å²) in [6.07, 6.45) is 3.20. The topological polar surface area (TPSA) is 71.2 Å². The maximum Gasteiger partial charge on any atom is 0.305 e. The minimum absolute atomic E-state index is 0.151. The molecule has 1 fully saturated rings. The number of anilines is 1. The van der Waals surface area contributed by atoms with Crippen molar-refractivity contribution in [3.63, 3.8) is 0 Å². The second-order valence-electron chi connectivity index (χ2n) is 6.08. The first kappa shape index (κ1) is 19.4. The fourth-order valence-electron chi connectivity index (χ4n) is 2.80. The number of aliphatic imine (C=N–C) groups is 1. The number of nitrogens with zero attached hydrogens (tertiary/aromatic N) is 3. The lowest BCUT2D eigenvalue weighted by molar-refractivity contribution is -0.140. The molecule has 0 atom stereocenters. The molecule has 1 aromatic carbocycles. The van der Waals surface area contributed by atoms with E-state index in [1.165, 1.54) is 12.8 Å². The van der Waals surface area contributed by atoms with Crippen LogP contribution in [0.4, 0.5) is 5.69 Å². The number of unbranched alkanes of at least 4 members (excludes halogenated alkanes) is 2. The molecule has 0 bridgehead atoms. The summed E-state index contributed by atoms with van der Waals surface area (Å²) in [7, 11) is 1.42. The van der Waals surface area contributed by atoms with Crippen LogP contribution in [0.25, 0.3) is 0 Å². The zero-order valence-corrected chi connectivity index (χ0v) is 15.5. The van der Waals surface area contributed by atoms with Gasteiger partial charge in [0.2, 0.25) is 0 Å². The van der Waals surface area contributed by atoms with Crippen LogP contribution in [0.5, 0.6) is 0 Å². The number of methoxy groups -OCH3 is 1. The lowest BCUT2D eigenvalue weighted by Crippen LogP contribution is -2.51. The summed E-state index contributed by atoms with van der Waals surface area (Å²) in [6, 6.07) is 7.92. The average molecular weight is 367 g/mol. The third kappa shape index (κ3) is 6.46. The SMILES string of the molecule is COC(=O)CCCCCN=C(N)N1CCN(c2ccc(Cl)cc2)CC1. The van der Waals surface area contributed by atoms with Crippen molar-refractivity contribution in [1.82, 2.24) is 4.90 Å². The molecular formula is C18H27ClN4O2. The summed E-state index contributed by atoms with van der Waals surface area (Å²) in [6.45, 7) is 4.25. The van der Waals surface area contributed by atoms with E-state index < -0.39 is 0 Å². The smallest absolute Gasteiger partial charge is 0.305 e. The molecule has 2 rings (SSSR count). The van der Waals surface area contributed by atoms with Crippen molar-refractivity contribution >= 4 is 29.2 Å². The Morgan fingerprint density at radius 2 is 1.84 bits per heavy atom. The molecule has 2 N–H and O–H groups in total. The Bertz CT molecular complexity index is 569. The molecule has 0 aromatic heterocycles. The number of carbonyl (C=O) groups is 1. The van der Waals surface area contributed by atoms with E-state index in [-0.39, 0.29) is 5.97 Å². The highest BCUT2D eigenvalue weighted by molar-refractivity contribution is 6.30. The Labute approximate surface area is 154 Å². The first-order valence-corrected chi connectivity index (χ1v) is 9.10. The van der Waals surface area contributed by atoms with Crippen LogP contribution in [-0.4, -0.2) is 56.7 Å². The second kappa shape index (κ2) is 10.1. The van der Waals surface area contributed by atoms with E-state index in [1.807, 2.05) is 24.3 Å². The van der Waals surface area contributed by atoms with Crippen LogP contribution in [0.2, 0.25) is 5.02 Å². The molecule has 1 aliphatic rings. The van der Waals surface area contributed by atoms with Crippen molar-refractivity contribution in [3.8, 4) is 0 Å². The van der Waals surface area contributed by atoms with Crippen LogP contribution in [0.1, 0.15) is 25.7 Å². The van der Waals surface area contributed by atoms with Gasteiger partial charge >= 0.3 is 5.97 Å². The highest BCUT2D eigenvalue weighted by atomic mass is 35.5. The van der Waals surface area contributed by atoms with E-state index in [2.05, 4.69) is 19.5 Å².